The van der Waals surface area contributed by atoms with Crippen molar-refractivity contribution in [2.24, 2.45) is 0 Å². The second kappa shape index (κ2) is 8.12. The maximum absolute atomic E-state index is 12.4. The Kier molecular flexibility index (Phi) is 5.66. The molecule has 1 aliphatic carbocycles. The second-order valence-corrected chi connectivity index (χ2v) is 6.69. The minimum absolute atomic E-state index is 0.0444. The van der Waals surface area contributed by atoms with Gasteiger partial charge in [0.25, 0.3) is 11.8 Å². The highest BCUT2D eigenvalue weighted by Gasteiger charge is 2.25. The minimum Gasteiger partial charge on any atom is -0.349 e. The van der Waals surface area contributed by atoms with Crippen LogP contribution < -0.4 is 10.6 Å². The van der Waals surface area contributed by atoms with E-state index in [-0.39, 0.29) is 23.9 Å². The van der Waals surface area contributed by atoms with Gasteiger partial charge in [0.2, 0.25) is 0 Å². The fourth-order valence-electron chi connectivity index (χ4n) is 3.12. The Morgan fingerprint density at radius 2 is 1.60 bits per heavy atom. The fourth-order valence-corrected chi connectivity index (χ4v) is 3.31. The van der Waals surface area contributed by atoms with E-state index in [9.17, 15) is 9.59 Å². The molecule has 1 heterocycles. The van der Waals surface area contributed by atoms with Crippen molar-refractivity contribution in [1.82, 2.24) is 15.6 Å². The Bertz CT molecular complexity index is 751. The molecule has 1 aromatic heterocycles. The number of nitrogens with zero attached hydrogens (tertiary/aromatic N) is 1. The summed E-state index contributed by atoms with van der Waals surface area (Å²) in [5.41, 5.74) is 1.15. The zero-order chi connectivity index (χ0) is 17.6. The molecule has 2 atom stereocenters. The lowest BCUT2D eigenvalue weighted by Crippen LogP contribution is -2.45. The van der Waals surface area contributed by atoms with E-state index in [1.807, 2.05) is 0 Å². The number of carbonyl (C=O) groups is 2. The van der Waals surface area contributed by atoms with E-state index >= 15 is 0 Å². The van der Waals surface area contributed by atoms with Gasteiger partial charge in [0, 0.05) is 40.6 Å². The van der Waals surface area contributed by atoms with E-state index in [4.69, 9.17) is 11.6 Å². The zero-order valence-electron chi connectivity index (χ0n) is 13.7. The number of rotatable bonds is 4. The van der Waals surface area contributed by atoms with Gasteiger partial charge in [-0.1, -0.05) is 17.7 Å². The van der Waals surface area contributed by atoms with Gasteiger partial charge in [0.1, 0.15) is 0 Å². The van der Waals surface area contributed by atoms with Crippen LogP contribution in [-0.4, -0.2) is 28.9 Å². The molecule has 0 aliphatic heterocycles. The summed E-state index contributed by atoms with van der Waals surface area (Å²) >= 11 is 5.94. The average Bonchev–Trinajstić information content (AvgIpc) is 2.63. The minimum atomic E-state index is -0.131. The van der Waals surface area contributed by atoms with Crippen LogP contribution in [0.25, 0.3) is 0 Å². The van der Waals surface area contributed by atoms with Crippen LogP contribution >= 0.6 is 11.6 Å². The SMILES string of the molecule is O=C(N[C@H]1CCC[C@H](NC(=O)c2cccc(Cl)c2)C1)c1ccncc1. The quantitative estimate of drug-likeness (QED) is 0.882. The van der Waals surface area contributed by atoms with Crippen LogP contribution in [0.3, 0.4) is 0 Å². The predicted octanol–water partition coefficient (Wildman–Crippen LogP) is 3.21. The summed E-state index contributed by atoms with van der Waals surface area (Å²) in [6.45, 7) is 0. The zero-order valence-corrected chi connectivity index (χ0v) is 14.5. The van der Waals surface area contributed by atoms with Gasteiger partial charge < -0.3 is 10.6 Å². The van der Waals surface area contributed by atoms with Gasteiger partial charge in [-0.25, -0.2) is 0 Å². The molecule has 2 N–H and O–H groups in total. The molecule has 2 aromatic rings. The third-order valence-corrected chi connectivity index (χ3v) is 4.61. The molecule has 2 amide bonds. The number of halogens is 1. The molecule has 25 heavy (non-hydrogen) atoms. The lowest BCUT2D eigenvalue weighted by Gasteiger charge is -2.30. The van der Waals surface area contributed by atoms with Crippen LogP contribution in [0.5, 0.6) is 0 Å². The molecule has 1 aliphatic rings. The van der Waals surface area contributed by atoms with Crippen LogP contribution in [-0.2, 0) is 0 Å². The molecule has 0 spiro atoms. The van der Waals surface area contributed by atoms with E-state index in [1.165, 1.54) is 0 Å². The molecule has 0 unspecified atom stereocenters. The monoisotopic (exact) mass is 357 g/mol. The largest absolute Gasteiger partial charge is 0.349 e. The molecule has 1 fully saturated rings. The van der Waals surface area contributed by atoms with Gasteiger partial charge in [-0.3, -0.25) is 14.6 Å². The first kappa shape index (κ1) is 17.4. The smallest absolute Gasteiger partial charge is 0.251 e. The molecule has 5 nitrogen and oxygen atoms in total. The Hall–Kier alpha value is -2.40. The summed E-state index contributed by atoms with van der Waals surface area (Å²) in [5, 5.41) is 6.64. The summed E-state index contributed by atoms with van der Waals surface area (Å²) in [5.74, 6) is -0.233. The standard InChI is InChI=1S/C19H20ClN3O2/c20-15-4-1-3-14(11-15)19(25)23-17-6-2-5-16(12-17)22-18(24)13-7-9-21-10-8-13/h1,3-4,7-11,16-17H,2,5-6,12H2,(H,22,24)(H,23,25)/t16-,17-/m0/s1. The molecule has 6 heteroatoms. The van der Waals surface area contributed by atoms with E-state index in [1.54, 1.807) is 48.8 Å². The van der Waals surface area contributed by atoms with E-state index in [0.717, 1.165) is 25.7 Å². The van der Waals surface area contributed by atoms with E-state index in [2.05, 4.69) is 15.6 Å². The number of amides is 2. The van der Waals surface area contributed by atoms with Crippen LogP contribution in [0.1, 0.15) is 46.4 Å². The summed E-state index contributed by atoms with van der Waals surface area (Å²) in [6, 6.07) is 10.4. The fraction of sp³-hybridized carbons (Fsp3) is 0.316. The maximum atomic E-state index is 12.4. The van der Waals surface area contributed by atoms with Gasteiger partial charge >= 0.3 is 0 Å². The van der Waals surface area contributed by atoms with Crippen LogP contribution in [0.4, 0.5) is 0 Å². The molecule has 0 saturated heterocycles. The number of pyridine rings is 1. The molecular formula is C19H20ClN3O2. The van der Waals surface area contributed by atoms with Crippen molar-refractivity contribution in [2.75, 3.05) is 0 Å². The van der Waals surface area contributed by atoms with Gasteiger partial charge in [-0.15, -0.1) is 0 Å². The number of hydrogen-bond donors (Lipinski definition) is 2. The molecule has 130 valence electrons. The Morgan fingerprint density at radius 1 is 0.960 bits per heavy atom. The summed E-state index contributed by atoms with van der Waals surface area (Å²) in [6.07, 6.45) is 6.72. The highest BCUT2D eigenvalue weighted by molar-refractivity contribution is 6.30. The first-order valence-corrected chi connectivity index (χ1v) is 8.77. The predicted molar refractivity (Wildman–Crippen MR) is 96.7 cm³/mol. The summed E-state index contributed by atoms with van der Waals surface area (Å²) in [4.78, 5) is 28.5. The Morgan fingerprint density at radius 3 is 2.24 bits per heavy atom. The molecule has 1 saturated carbocycles. The Labute approximate surface area is 151 Å². The van der Waals surface area contributed by atoms with Crippen molar-refractivity contribution in [3.63, 3.8) is 0 Å². The van der Waals surface area contributed by atoms with Crippen molar-refractivity contribution in [1.29, 1.82) is 0 Å². The Balaban J connectivity index is 1.56. The number of hydrogen-bond acceptors (Lipinski definition) is 3. The number of benzene rings is 1. The lowest BCUT2D eigenvalue weighted by atomic mass is 9.90. The van der Waals surface area contributed by atoms with E-state index in [0.29, 0.717) is 16.1 Å². The topological polar surface area (TPSA) is 71.1 Å². The lowest BCUT2D eigenvalue weighted by molar-refractivity contribution is 0.0903. The first-order chi connectivity index (χ1) is 12.1. The molecule has 0 bridgehead atoms. The van der Waals surface area contributed by atoms with Gasteiger partial charge in [-0.2, -0.15) is 0 Å². The first-order valence-electron chi connectivity index (χ1n) is 8.39. The van der Waals surface area contributed by atoms with Crippen molar-refractivity contribution in [3.8, 4) is 0 Å². The van der Waals surface area contributed by atoms with Crippen molar-refractivity contribution >= 4 is 23.4 Å². The average molecular weight is 358 g/mol. The number of nitrogens with one attached hydrogen (secondary N) is 2. The molecular weight excluding hydrogens is 338 g/mol. The van der Waals surface area contributed by atoms with Crippen LogP contribution in [0.2, 0.25) is 5.02 Å². The van der Waals surface area contributed by atoms with Crippen molar-refractivity contribution in [2.45, 2.75) is 37.8 Å². The number of carbonyl (C=O) groups excluding carboxylic acids is 2. The van der Waals surface area contributed by atoms with Gasteiger partial charge in [-0.05, 0) is 56.0 Å². The molecule has 1 aromatic carbocycles. The van der Waals surface area contributed by atoms with Crippen molar-refractivity contribution < 1.29 is 9.59 Å². The van der Waals surface area contributed by atoms with Crippen LogP contribution in [0, 0.1) is 0 Å². The molecule has 3 rings (SSSR count). The summed E-state index contributed by atoms with van der Waals surface area (Å²) in [7, 11) is 0. The number of aromatic nitrogens is 1. The van der Waals surface area contributed by atoms with Crippen LogP contribution in [0.15, 0.2) is 48.8 Å². The third kappa shape index (κ3) is 4.79. The van der Waals surface area contributed by atoms with E-state index < -0.39 is 0 Å². The maximum Gasteiger partial charge on any atom is 0.251 e. The normalized spacial score (nSPS) is 19.9. The molecule has 0 radical (unpaired) electrons. The third-order valence-electron chi connectivity index (χ3n) is 4.37. The highest BCUT2D eigenvalue weighted by atomic mass is 35.5. The summed E-state index contributed by atoms with van der Waals surface area (Å²) < 4.78 is 0. The van der Waals surface area contributed by atoms with Crippen molar-refractivity contribution in [3.05, 3.63) is 64.9 Å². The van der Waals surface area contributed by atoms with Gasteiger partial charge in [0.05, 0.1) is 0 Å². The second-order valence-electron chi connectivity index (χ2n) is 6.25. The van der Waals surface area contributed by atoms with Gasteiger partial charge in [0.15, 0.2) is 0 Å². The highest BCUT2D eigenvalue weighted by Crippen LogP contribution is 2.20.